The SMILES string of the molecule is C[C@H]1CC[C@@H](c2nc(-c3ccc4c(c3)COc3cc5c(ccc6[nH]c([C@@H]7CC[C@H](C)N7C(=O)OC(C)(C)C)nc65)cc3-4)c(Br)[nH]2)N1C(=O)OC(C)(C)C. The van der Waals surface area contributed by atoms with E-state index in [4.69, 9.17) is 24.2 Å². The Morgan fingerprint density at radius 3 is 2.04 bits per heavy atom. The average molecular weight is 784 g/mol. The summed E-state index contributed by atoms with van der Waals surface area (Å²) < 4.78 is 18.7. The fourth-order valence-electron chi connectivity index (χ4n) is 8.08. The summed E-state index contributed by atoms with van der Waals surface area (Å²) in [5.74, 6) is 2.31. The van der Waals surface area contributed by atoms with Crippen LogP contribution >= 0.6 is 15.9 Å². The Morgan fingerprint density at radius 2 is 1.42 bits per heavy atom. The number of amides is 2. The van der Waals surface area contributed by atoms with Crippen molar-refractivity contribution in [3.63, 3.8) is 0 Å². The highest BCUT2D eigenvalue weighted by molar-refractivity contribution is 9.10. The van der Waals surface area contributed by atoms with E-state index in [0.717, 1.165) is 97.4 Å². The van der Waals surface area contributed by atoms with E-state index < -0.39 is 11.2 Å². The number of hydrogen-bond donors (Lipinski definition) is 2. The van der Waals surface area contributed by atoms with E-state index in [0.29, 0.717) is 6.61 Å². The molecular weight excluding hydrogens is 736 g/mol. The minimum absolute atomic E-state index is 0.0519. The fraction of sp³-hybridized carbons (Fsp3) is 0.463. The van der Waals surface area contributed by atoms with Crippen molar-refractivity contribution in [2.24, 2.45) is 0 Å². The molecule has 12 heteroatoms. The number of benzene rings is 3. The molecule has 0 bridgehead atoms. The lowest BCUT2D eigenvalue weighted by Gasteiger charge is -2.30. The number of likely N-dealkylation sites (tertiary alicyclic amines) is 2. The van der Waals surface area contributed by atoms with Gasteiger partial charge in [-0.05, 0) is 138 Å². The Kier molecular flexibility index (Phi) is 8.55. The van der Waals surface area contributed by atoms with Crippen LogP contribution in [-0.2, 0) is 16.1 Å². The Labute approximate surface area is 317 Å². The zero-order chi connectivity index (χ0) is 37.6. The molecule has 2 fully saturated rings. The highest BCUT2D eigenvalue weighted by Gasteiger charge is 2.41. The van der Waals surface area contributed by atoms with Gasteiger partial charge in [0.25, 0.3) is 0 Å². The number of fused-ring (bicyclic) bond motifs is 6. The Balaban J connectivity index is 1.08. The quantitative estimate of drug-likeness (QED) is 0.187. The van der Waals surface area contributed by atoms with Crippen molar-refractivity contribution in [1.29, 1.82) is 0 Å². The number of carbonyl (C=O) groups is 2. The number of nitrogens with zero attached hydrogens (tertiary/aromatic N) is 4. The van der Waals surface area contributed by atoms with Gasteiger partial charge >= 0.3 is 12.2 Å². The monoisotopic (exact) mass is 782 g/mol. The van der Waals surface area contributed by atoms with Gasteiger partial charge in [0.15, 0.2) is 0 Å². The van der Waals surface area contributed by atoms with Crippen LogP contribution in [0, 0.1) is 0 Å². The standard InChI is InChI=1S/C41H47BrN6O5/c1-21-9-15-30(47(21)38(49)52-40(3,4)5)36-43-29-14-12-23-18-28-26-13-11-24(17-25(26)20-51-32(28)19-27(23)34(29)45-36)33-35(42)46-37(44-33)31-16-10-22(2)48(31)39(50)53-41(6,7)8/h11-14,17-19,21-22,30-31H,9-10,15-16,20H2,1-8H3,(H,43,45)(H,44,46)/t21-,22-,30-,31-/m0/s1. The number of H-pyrrole nitrogens is 2. The average Bonchev–Trinajstić information content (AvgIpc) is 3.86. The van der Waals surface area contributed by atoms with E-state index in [2.05, 4.69) is 82.2 Å². The van der Waals surface area contributed by atoms with Crippen LogP contribution in [0.1, 0.15) is 110 Å². The molecule has 2 N–H and O–H groups in total. The molecule has 4 atom stereocenters. The first-order chi connectivity index (χ1) is 25.0. The molecule has 2 aromatic heterocycles. The second-order valence-electron chi connectivity index (χ2n) is 16.8. The second kappa shape index (κ2) is 12.8. The number of carbonyl (C=O) groups excluding carboxylic acids is 2. The van der Waals surface area contributed by atoms with Crippen LogP contribution in [-0.4, -0.2) is 65.2 Å². The van der Waals surface area contributed by atoms with Crippen molar-refractivity contribution in [2.75, 3.05) is 0 Å². The molecular formula is C41H47BrN6O5. The lowest BCUT2D eigenvalue weighted by molar-refractivity contribution is 0.0141. The molecule has 0 unspecified atom stereocenters. The highest BCUT2D eigenvalue weighted by atomic mass is 79.9. The maximum atomic E-state index is 13.2. The van der Waals surface area contributed by atoms with Crippen LogP contribution in [0.5, 0.6) is 5.75 Å². The first-order valence-electron chi connectivity index (χ1n) is 18.6. The van der Waals surface area contributed by atoms with Crippen molar-refractivity contribution in [1.82, 2.24) is 29.7 Å². The van der Waals surface area contributed by atoms with E-state index in [9.17, 15) is 9.59 Å². The van der Waals surface area contributed by atoms with Crippen LogP contribution in [0.4, 0.5) is 9.59 Å². The number of ether oxygens (including phenoxy) is 3. The lowest BCUT2D eigenvalue weighted by Crippen LogP contribution is -2.40. The second-order valence-corrected chi connectivity index (χ2v) is 17.6. The first-order valence-corrected chi connectivity index (χ1v) is 19.3. The number of halogens is 1. The minimum atomic E-state index is -0.579. The molecule has 11 nitrogen and oxygen atoms in total. The van der Waals surface area contributed by atoms with Gasteiger partial charge in [-0.1, -0.05) is 18.2 Å². The number of rotatable bonds is 3. The molecule has 3 aromatic carbocycles. The molecule has 0 saturated carbocycles. The van der Waals surface area contributed by atoms with Crippen molar-refractivity contribution < 1.29 is 23.8 Å². The fourth-order valence-corrected chi connectivity index (χ4v) is 8.60. The third-order valence-electron chi connectivity index (χ3n) is 10.5. The van der Waals surface area contributed by atoms with Crippen molar-refractivity contribution >= 4 is 49.9 Å². The molecule has 5 aromatic rings. The Bertz CT molecular complexity index is 2260. The van der Waals surface area contributed by atoms with Gasteiger partial charge in [0.2, 0.25) is 0 Å². The number of imidazole rings is 2. The predicted molar refractivity (Wildman–Crippen MR) is 208 cm³/mol. The van der Waals surface area contributed by atoms with Gasteiger partial charge < -0.3 is 24.2 Å². The maximum Gasteiger partial charge on any atom is 0.411 e. The van der Waals surface area contributed by atoms with E-state index in [1.807, 2.05) is 51.3 Å². The van der Waals surface area contributed by atoms with Crippen LogP contribution in [0.25, 0.3) is 44.2 Å². The normalized spacial score (nSPS) is 21.5. The van der Waals surface area contributed by atoms with Gasteiger partial charge in [0, 0.05) is 28.6 Å². The molecule has 0 aliphatic carbocycles. The van der Waals surface area contributed by atoms with Gasteiger partial charge in [-0.15, -0.1) is 0 Å². The van der Waals surface area contributed by atoms with Gasteiger partial charge in [0.05, 0.1) is 23.1 Å². The van der Waals surface area contributed by atoms with Crippen molar-refractivity contribution in [3.05, 3.63) is 64.3 Å². The number of nitrogens with one attached hydrogen (secondary N) is 2. The van der Waals surface area contributed by atoms with Crippen LogP contribution in [0.2, 0.25) is 0 Å². The van der Waals surface area contributed by atoms with Crippen LogP contribution < -0.4 is 4.74 Å². The minimum Gasteiger partial charge on any atom is -0.488 e. The Morgan fingerprint density at radius 1 is 0.792 bits per heavy atom. The lowest BCUT2D eigenvalue weighted by atomic mass is 9.92. The third kappa shape index (κ3) is 6.53. The van der Waals surface area contributed by atoms with Gasteiger partial charge in [-0.2, -0.15) is 0 Å². The topological polar surface area (TPSA) is 126 Å². The summed E-state index contributed by atoms with van der Waals surface area (Å²) in [5.41, 5.74) is 5.56. The van der Waals surface area contributed by atoms with Crippen LogP contribution in [0.15, 0.2) is 47.1 Å². The summed E-state index contributed by atoms with van der Waals surface area (Å²) in [4.78, 5) is 47.1. The largest absolute Gasteiger partial charge is 0.488 e. The number of aromatic nitrogens is 4. The molecule has 8 rings (SSSR count). The molecule has 3 aliphatic rings. The molecule has 0 radical (unpaired) electrons. The molecule has 2 saturated heterocycles. The molecule has 5 heterocycles. The first kappa shape index (κ1) is 35.4. The zero-order valence-electron chi connectivity index (χ0n) is 31.6. The predicted octanol–water partition coefficient (Wildman–Crippen LogP) is 10.3. The van der Waals surface area contributed by atoms with Crippen molar-refractivity contribution in [3.8, 4) is 28.1 Å². The number of hydrogen-bond acceptors (Lipinski definition) is 7. The Hall–Kier alpha value is -4.58. The van der Waals surface area contributed by atoms with Gasteiger partial charge in [0.1, 0.15) is 45.5 Å². The molecule has 3 aliphatic heterocycles. The van der Waals surface area contributed by atoms with Gasteiger partial charge in [-0.3, -0.25) is 9.80 Å². The summed E-state index contributed by atoms with van der Waals surface area (Å²) in [6.07, 6.45) is 2.75. The summed E-state index contributed by atoms with van der Waals surface area (Å²) in [6, 6.07) is 14.5. The van der Waals surface area contributed by atoms with Crippen LogP contribution in [0.3, 0.4) is 0 Å². The van der Waals surface area contributed by atoms with Crippen molar-refractivity contribution in [2.45, 2.75) is 123 Å². The highest BCUT2D eigenvalue weighted by Crippen LogP contribution is 2.45. The molecule has 2 amide bonds. The summed E-state index contributed by atoms with van der Waals surface area (Å²) in [7, 11) is 0. The molecule has 0 spiro atoms. The summed E-state index contributed by atoms with van der Waals surface area (Å²) >= 11 is 3.72. The van der Waals surface area contributed by atoms with E-state index >= 15 is 0 Å². The summed E-state index contributed by atoms with van der Waals surface area (Å²) in [6.45, 7) is 15.9. The molecule has 278 valence electrons. The number of aromatic amines is 2. The zero-order valence-corrected chi connectivity index (χ0v) is 33.2. The maximum absolute atomic E-state index is 13.2. The van der Waals surface area contributed by atoms with E-state index in [1.165, 1.54) is 0 Å². The summed E-state index contributed by atoms with van der Waals surface area (Å²) in [5, 5.41) is 2.05. The molecule has 53 heavy (non-hydrogen) atoms. The van der Waals surface area contributed by atoms with Gasteiger partial charge in [-0.25, -0.2) is 19.6 Å². The van der Waals surface area contributed by atoms with E-state index in [1.54, 1.807) is 0 Å². The van der Waals surface area contributed by atoms with E-state index in [-0.39, 0.29) is 36.4 Å². The smallest absolute Gasteiger partial charge is 0.411 e. The third-order valence-corrected chi connectivity index (χ3v) is 11.1.